The molecule has 0 unspecified atom stereocenters. The molecule has 484 valence electrons. The summed E-state index contributed by atoms with van der Waals surface area (Å²) in [6.07, 6.45) is 0. The smallest absolute Gasteiger partial charge is 0.399 e. The minimum atomic E-state index is -0.472. The lowest BCUT2D eigenvalue weighted by molar-refractivity contribution is 0.00578. The Bertz CT molecular complexity index is 4490. The molecule has 7 nitrogen and oxygen atoms in total. The molecule has 0 radical (unpaired) electrons. The van der Waals surface area contributed by atoms with E-state index in [2.05, 4.69) is 278 Å². The molecule has 0 spiro atoms. The van der Waals surface area contributed by atoms with Crippen molar-refractivity contribution < 1.29 is 33.9 Å². The van der Waals surface area contributed by atoms with Gasteiger partial charge in [0.05, 0.1) is 42.2 Å². The van der Waals surface area contributed by atoms with Gasteiger partial charge in [0.15, 0.2) is 0 Å². The summed E-state index contributed by atoms with van der Waals surface area (Å²) in [4.78, 5) is 0. The zero-order valence-electron chi connectivity index (χ0n) is 56.3. The molecule has 14 rings (SSSR count). The van der Waals surface area contributed by atoms with Crippen LogP contribution in [0, 0.1) is 0 Å². The molecule has 0 aliphatic carbocycles. The van der Waals surface area contributed by atoms with E-state index in [0.29, 0.717) is 0 Å². The van der Waals surface area contributed by atoms with Crippen LogP contribution in [0.1, 0.15) is 72.1 Å². The molecule has 0 aromatic heterocycles. The Morgan fingerprint density at radius 3 is 0.784 bits per heavy atom. The van der Waals surface area contributed by atoms with Crippen LogP contribution >= 0.6 is 15.9 Å². The largest absolute Gasteiger partial charge is 0.494 e. The van der Waals surface area contributed by atoms with E-state index < -0.39 is 36.6 Å². The van der Waals surface area contributed by atoms with Gasteiger partial charge in [-0.25, -0.2) is 0 Å². The highest BCUT2D eigenvalue weighted by atomic mass is 79.9. The van der Waals surface area contributed by atoms with Gasteiger partial charge in [-0.2, -0.15) is 0 Å². The molecule has 0 amide bonds. The molecule has 3 N–H and O–H groups in total. The van der Waals surface area contributed by atoms with Crippen molar-refractivity contribution in [3.8, 4) is 100 Å². The van der Waals surface area contributed by atoms with Crippen molar-refractivity contribution in [2.45, 2.75) is 97.6 Å². The fraction of sp³-hybridized carbons (Fsp3) is 0.172. The Hall–Kier alpha value is -9.03. The van der Waals surface area contributed by atoms with Crippen LogP contribution in [0.15, 0.2) is 296 Å². The van der Waals surface area contributed by atoms with E-state index in [-0.39, 0.29) is 19.8 Å². The Kier molecular flexibility index (Phi) is 20.6. The van der Waals surface area contributed by atoms with Crippen LogP contribution in [0.3, 0.4) is 0 Å². The first-order valence-corrected chi connectivity index (χ1v) is 33.9. The zero-order valence-corrected chi connectivity index (χ0v) is 57.9. The van der Waals surface area contributed by atoms with Gasteiger partial charge < -0.3 is 33.9 Å². The lowest BCUT2D eigenvalue weighted by Crippen LogP contribution is -2.41. The summed E-state index contributed by atoms with van der Waals surface area (Å²) < 4.78 is 26.7. The minimum absolute atomic E-state index is 0.0192. The van der Waals surface area contributed by atoms with Crippen molar-refractivity contribution in [2.75, 3.05) is 0 Å². The monoisotopic (exact) mass is 1340 g/mol. The van der Waals surface area contributed by atoms with Crippen LogP contribution in [0.4, 0.5) is 0 Å². The van der Waals surface area contributed by atoms with E-state index in [4.69, 9.17) is 23.7 Å². The van der Waals surface area contributed by atoms with Gasteiger partial charge in [-0.05, 0) is 244 Å². The van der Waals surface area contributed by atoms with E-state index in [9.17, 15) is 10.2 Å². The minimum Gasteiger partial charge on any atom is -0.399 e. The Balaban J connectivity index is 0.000000155. The average molecular weight is 1340 g/mol. The summed E-state index contributed by atoms with van der Waals surface area (Å²) in [7, 11) is -0.945. The molecule has 2 fully saturated rings. The normalized spacial score (nSPS) is 14.8. The first-order valence-electron chi connectivity index (χ1n) is 33.1. The molecule has 12 aromatic carbocycles. The maximum absolute atomic E-state index is 9.71. The molecular formula is C87H81B2BrO7. The second kappa shape index (κ2) is 29.4. The van der Waals surface area contributed by atoms with Crippen LogP contribution < -0.4 is 10.9 Å². The van der Waals surface area contributed by atoms with Crippen LogP contribution in [-0.2, 0) is 38.4 Å². The maximum Gasteiger partial charge on any atom is 0.494 e. The molecule has 0 atom stereocenters. The summed E-state index contributed by atoms with van der Waals surface area (Å²) in [6.45, 7) is 16.7. The van der Waals surface area contributed by atoms with Crippen molar-refractivity contribution in [1.82, 2.24) is 0 Å². The third-order valence-corrected chi connectivity index (χ3v) is 19.7. The third-order valence-electron chi connectivity index (χ3n) is 19.2. The lowest BCUT2D eigenvalue weighted by Gasteiger charge is -2.32. The van der Waals surface area contributed by atoms with Crippen LogP contribution in [0.2, 0.25) is 0 Å². The summed E-state index contributed by atoms with van der Waals surface area (Å²) in [5.41, 5.74) is 23.4. The number of rotatable bonds is 14. The van der Waals surface area contributed by atoms with Crippen LogP contribution in [0.5, 0.6) is 0 Å². The Morgan fingerprint density at radius 2 is 0.464 bits per heavy atom. The predicted molar refractivity (Wildman–Crippen MR) is 405 cm³/mol. The van der Waals surface area contributed by atoms with Crippen LogP contribution in [0.25, 0.3) is 100 Å². The highest BCUT2D eigenvalue weighted by molar-refractivity contribution is 9.10. The SMILES string of the molecule is CC1(C)OB(c2cc(B3OC(C)(C)C(C)(C)O3)cc(-c3ccc(-c4ccccc4)cc3)c2)OC1(C)C.OCc1cccc(-c2cccc(-c3cc(-c4ccc(-c5ccccc5)cc4)cc(-c4cccc(-c5cccc(CO)c5)c4)c3)c2)c1.OCc1cccc(-c2cccc(Br)c2)c1. The fourth-order valence-electron chi connectivity index (χ4n) is 12.1. The molecule has 97 heavy (non-hydrogen) atoms. The number of halogens is 1. The fourth-order valence-corrected chi connectivity index (χ4v) is 12.5. The topological polar surface area (TPSA) is 97.6 Å². The van der Waals surface area contributed by atoms with Crippen molar-refractivity contribution in [2.24, 2.45) is 0 Å². The molecule has 2 aliphatic heterocycles. The number of hydrogen-bond acceptors (Lipinski definition) is 7. The van der Waals surface area contributed by atoms with Gasteiger partial charge in [0.25, 0.3) is 0 Å². The summed E-state index contributed by atoms with van der Waals surface area (Å²) in [6, 6.07) is 101. The first-order chi connectivity index (χ1) is 46.7. The Labute approximate surface area is 581 Å². The standard InChI is InChI=1S/C44H34O2.C30H36B2O4.C13H11BrO/c45-29-31-8-4-12-36(22-31)38-14-6-16-40(24-38)43-26-42(35-20-18-34(19-21-35)33-10-2-1-3-11-33)27-44(28-43)41-17-7-15-39(25-41)37-13-5-9-32(23-37)30-46;1-27(2)28(3,4)34-31(33-27)25-18-24(19-26(20-25)32-35-29(5,6)30(7,8)36-32)23-16-14-22(15-17-23)21-12-10-9-11-13-21;14-13-6-2-5-12(8-13)11-4-1-3-10(7-11)9-15/h1-28,45-46H,29-30H2;9-20H,1-8H3;1-8,15H,9H2. The van der Waals surface area contributed by atoms with Crippen molar-refractivity contribution in [1.29, 1.82) is 0 Å². The highest BCUT2D eigenvalue weighted by Gasteiger charge is 2.54. The van der Waals surface area contributed by atoms with Crippen molar-refractivity contribution >= 4 is 41.1 Å². The van der Waals surface area contributed by atoms with Gasteiger partial charge in [0, 0.05) is 4.47 Å². The van der Waals surface area contributed by atoms with E-state index in [1.807, 2.05) is 84.9 Å². The lowest BCUT2D eigenvalue weighted by atomic mass is 9.70. The summed E-state index contributed by atoms with van der Waals surface area (Å²) in [5.74, 6) is 0. The predicted octanol–water partition coefficient (Wildman–Crippen LogP) is 19.9. The zero-order chi connectivity index (χ0) is 67.9. The van der Waals surface area contributed by atoms with Gasteiger partial charge >= 0.3 is 14.2 Å². The van der Waals surface area contributed by atoms with Crippen molar-refractivity contribution in [3.05, 3.63) is 312 Å². The Morgan fingerprint density at radius 1 is 0.237 bits per heavy atom. The first kappa shape index (κ1) is 67.9. The molecule has 0 bridgehead atoms. The molecular weight excluding hydrogens is 1260 g/mol. The molecule has 2 heterocycles. The number of hydrogen-bond donors (Lipinski definition) is 3. The second-order valence-electron chi connectivity index (χ2n) is 27.0. The molecule has 10 heteroatoms. The maximum atomic E-state index is 9.71. The quantitative estimate of drug-likeness (QED) is 0.0933. The second-order valence-corrected chi connectivity index (χ2v) is 27.9. The molecule has 12 aromatic rings. The number of aliphatic hydroxyl groups is 3. The van der Waals surface area contributed by atoms with Gasteiger partial charge in [0.1, 0.15) is 0 Å². The van der Waals surface area contributed by atoms with Crippen molar-refractivity contribution in [3.63, 3.8) is 0 Å². The average Bonchev–Trinajstić information content (AvgIpc) is 1.69. The van der Waals surface area contributed by atoms with Gasteiger partial charge in [0.2, 0.25) is 0 Å². The summed E-state index contributed by atoms with van der Waals surface area (Å²) in [5, 5.41) is 28.5. The van der Waals surface area contributed by atoms with Gasteiger partial charge in [-0.1, -0.05) is 246 Å². The van der Waals surface area contributed by atoms with E-state index in [0.717, 1.165) is 110 Å². The number of benzene rings is 12. The summed E-state index contributed by atoms with van der Waals surface area (Å²) >= 11 is 3.45. The highest BCUT2D eigenvalue weighted by Crippen LogP contribution is 2.41. The molecule has 0 saturated carbocycles. The van der Waals surface area contributed by atoms with Crippen LogP contribution in [-0.4, -0.2) is 52.0 Å². The molecule has 2 aliphatic rings. The van der Waals surface area contributed by atoms with Gasteiger partial charge in [-0.15, -0.1) is 0 Å². The molecule has 2 saturated heterocycles. The third kappa shape index (κ3) is 15.9. The van der Waals surface area contributed by atoms with E-state index in [1.165, 1.54) is 22.3 Å². The van der Waals surface area contributed by atoms with Gasteiger partial charge in [-0.3, -0.25) is 0 Å². The van der Waals surface area contributed by atoms with E-state index >= 15 is 0 Å². The van der Waals surface area contributed by atoms with E-state index in [1.54, 1.807) is 0 Å². The number of aliphatic hydroxyl groups excluding tert-OH is 3.